The second-order valence-corrected chi connectivity index (χ2v) is 6.26. The Kier molecular flexibility index (Phi) is 3.98. The maximum Gasteiger partial charge on any atom is 0.335 e. The molecule has 0 N–H and O–H groups in total. The van der Waals surface area contributed by atoms with E-state index in [9.17, 15) is 4.79 Å². The number of rotatable bonds is 5. The molecule has 0 saturated carbocycles. The lowest BCUT2D eigenvalue weighted by molar-refractivity contribution is -0.128. The van der Waals surface area contributed by atoms with Gasteiger partial charge in [0, 0.05) is 28.0 Å². The second-order valence-electron chi connectivity index (χ2n) is 6.26. The summed E-state index contributed by atoms with van der Waals surface area (Å²) < 4.78 is 17.0. The second kappa shape index (κ2) is 6.29. The molecule has 2 aliphatic rings. The van der Waals surface area contributed by atoms with Crippen LogP contribution in [0.5, 0.6) is 11.5 Å². The van der Waals surface area contributed by atoms with Gasteiger partial charge in [-0.25, -0.2) is 4.79 Å². The molecule has 24 heavy (non-hydrogen) atoms. The van der Waals surface area contributed by atoms with Crippen LogP contribution in [-0.2, 0) is 22.4 Å². The number of hydrogen-bond acceptors (Lipinski definition) is 4. The molecule has 4 heteroatoms. The number of benzene rings is 2. The first-order valence-corrected chi connectivity index (χ1v) is 8.43. The van der Waals surface area contributed by atoms with Gasteiger partial charge in [0.05, 0.1) is 6.61 Å². The highest BCUT2D eigenvalue weighted by Crippen LogP contribution is 2.44. The van der Waals surface area contributed by atoms with E-state index >= 15 is 0 Å². The minimum atomic E-state index is -0.423. The zero-order valence-electron chi connectivity index (χ0n) is 13.5. The molecule has 4 nitrogen and oxygen atoms in total. The number of epoxide rings is 1. The lowest BCUT2D eigenvalue weighted by Crippen LogP contribution is -2.14. The lowest BCUT2D eigenvalue weighted by atomic mass is 9.87. The first kappa shape index (κ1) is 15.2. The van der Waals surface area contributed by atoms with Crippen LogP contribution >= 0.6 is 0 Å². The summed E-state index contributed by atoms with van der Waals surface area (Å²) in [5.41, 5.74) is 2.27. The van der Waals surface area contributed by atoms with Gasteiger partial charge in [-0.2, -0.15) is 0 Å². The van der Waals surface area contributed by atoms with Crippen LogP contribution in [0.3, 0.4) is 0 Å². The van der Waals surface area contributed by atoms with Gasteiger partial charge in [0.15, 0.2) is 0 Å². The molecule has 1 aliphatic heterocycles. The minimum Gasteiger partial charge on any atom is -0.490 e. The summed E-state index contributed by atoms with van der Waals surface area (Å²) in [6.07, 6.45) is 5.47. The Morgan fingerprint density at radius 3 is 2.42 bits per heavy atom. The zero-order valence-corrected chi connectivity index (χ0v) is 13.5. The van der Waals surface area contributed by atoms with Crippen LogP contribution in [0.4, 0.5) is 0 Å². The van der Waals surface area contributed by atoms with E-state index in [1.54, 1.807) is 0 Å². The van der Waals surface area contributed by atoms with Gasteiger partial charge in [-0.3, -0.25) is 0 Å². The van der Waals surface area contributed by atoms with Crippen LogP contribution in [0, 0.1) is 0 Å². The van der Waals surface area contributed by atoms with Crippen LogP contribution in [-0.4, -0.2) is 25.3 Å². The van der Waals surface area contributed by atoms with E-state index in [2.05, 4.69) is 6.58 Å². The average molecular weight is 324 g/mol. The largest absolute Gasteiger partial charge is 0.490 e. The quantitative estimate of drug-likeness (QED) is 0.365. The third-order valence-electron chi connectivity index (χ3n) is 4.62. The number of esters is 1. The Hall–Kier alpha value is -2.33. The van der Waals surface area contributed by atoms with E-state index in [0.717, 1.165) is 54.4 Å². The molecule has 1 fully saturated rings. The van der Waals surface area contributed by atoms with Gasteiger partial charge < -0.3 is 14.2 Å². The van der Waals surface area contributed by atoms with Gasteiger partial charge in [-0.05, 0) is 25.7 Å². The molecule has 2 aromatic carbocycles. The number of carbonyl (C=O) groups is 1. The number of ether oxygens (including phenoxy) is 3. The molecular formula is C20H20O4. The fourth-order valence-corrected chi connectivity index (χ4v) is 3.37. The van der Waals surface area contributed by atoms with Crippen molar-refractivity contribution >= 4 is 16.7 Å². The molecule has 1 aliphatic carbocycles. The van der Waals surface area contributed by atoms with Crippen molar-refractivity contribution in [2.45, 2.75) is 31.8 Å². The molecule has 2 aromatic rings. The molecule has 0 radical (unpaired) electrons. The lowest BCUT2D eigenvalue weighted by Gasteiger charge is -2.24. The molecule has 4 rings (SSSR count). The summed E-state index contributed by atoms with van der Waals surface area (Å²) in [7, 11) is 0. The maximum absolute atomic E-state index is 11.8. The van der Waals surface area contributed by atoms with Crippen LogP contribution < -0.4 is 9.47 Å². The summed E-state index contributed by atoms with van der Waals surface area (Å²) in [5, 5.41) is 1.91. The Morgan fingerprint density at radius 2 is 1.79 bits per heavy atom. The van der Waals surface area contributed by atoms with Crippen molar-refractivity contribution < 1.29 is 19.0 Å². The van der Waals surface area contributed by atoms with Crippen LogP contribution in [0.1, 0.15) is 24.0 Å². The topological polar surface area (TPSA) is 48.1 Å². The van der Waals surface area contributed by atoms with E-state index in [4.69, 9.17) is 14.2 Å². The molecule has 0 bridgehead atoms. The van der Waals surface area contributed by atoms with Crippen molar-refractivity contribution in [2.24, 2.45) is 0 Å². The normalized spacial score (nSPS) is 18.8. The predicted octanol–water partition coefficient (Wildman–Crippen LogP) is 3.59. The van der Waals surface area contributed by atoms with Gasteiger partial charge in [0.25, 0.3) is 0 Å². The Balaban J connectivity index is 1.89. The summed E-state index contributed by atoms with van der Waals surface area (Å²) in [5.74, 6) is 1.17. The van der Waals surface area contributed by atoms with Crippen molar-refractivity contribution in [3.05, 3.63) is 48.0 Å². The van der Waals surface area contributed by atoms with Crippen molar-refractivity contribution in [3.63, 3.8) is 0 Å². The highest BCUT2D eigenvalue weighted by atomic mass is 16.6. The summed E-state index contributed by atoms with van der Waals surface area (Å²) >= 11 is 0. The van der Waals surface area contributed by atoms with E-state index in [1.807, 2.05) is 24.3 Å². The highest BCUT2D eigenvalue weighted by molar-refractivity contribution is 5.98. The number of fused-ring (bicyclic) bond motifs is 2. The molecule has 1 atom stereocenters. The van der Waals surface area contributed by atoms with Crippen LogP contribution in [0.15, 0.2) is 36.9 Å². The van der Waals surface area contributed by atoms with Crippen molar-refractivity contribution in [2.75, 3.05) is 13.2 Å². The highest BCUT2D eigenvalue weighted by Gasteiger charge is 2.27. The standard InChI is InChI=1S/C20H20O4/c1-2-18(21)24-20-16-9-5-3-7-14(16)19(23-12-13-11-22-13)15-8-4-6-10-17(15)20/h2-3,5,7,9,13H,1,4,6,8,10-12H2. The summed E-state index contributed by atoms with van der Waals surface area (Å²) in [6.45, 7) is 4.85. The first-order chi connectivity index (χ1) is 11.8. The number of hydrogen-bond donors (Lipinski definition) is 0. The van der Waals surface area contributed by atoms with Crippen LogP contribution in [0.25, 0.3) is 10.8 Å². The fraction of sp³-hybridized carbons (Fsp3) is 0.350. The van der Waals surface area contributed by atoms with Crippen molar-refractivity contribution in [3.8, 4) is 11.5 Å². The SMILES string of the molecule is C=CC(=O)Oc1c2c(c(OCC3CO3)c3ccccc13)CCCC2. The molecule has 1 unspecified atom stereocenters. The summed E-state index contributed by atoms with van der Waals surface area (Å²) in [6, 6.07) is 7.95. The molecule has 0 spiro atoms. The number of carbonyl (C=O) groups excluding carboxylic acids is 1. The van der Waals surface area contributed by atoms with E-state index in [-0.39, 0.29) is 6.10 Å². The van der Waals surface area contributed by atoms with E-state index in [1.165, 1.54) is 11.6 Å². The van der Waals surface area contributed by atoms with E-state index < -0.39 is 5.97 Å². The smallest absolute Gasteiger partial charge is 0.335 e. The summed E-state index contributed by atoms with van der Waals surface area (Å²) in [4.78, 5) is 11.8. The molecule has 0 amide bonds. The Bertz CT molecular complexity index is 805. The molecule has 1 saturated heterocycles. The molecule has 1 heterocycles. The molecule has 0 aromatic heterocycles. The van der Waals surface area contributed by atoms with E-state index in [0.29, 0.717) is 12.4 Å². The van der Waals surface area contributed by atoms with Crippen molar-refractivity contribution in [1.29, 1.82) is 0 Å². The van der Waals surface area contributed by atoms with Gasteiger partial charge in [-0.15, -0.1) is 0 Å². The monoisotopic (exact) mass is 324 g/mol. The predicted molar refractivity (Wildman–Crippen MR) is 91.7 cm³/mol. The van der Waals surface area contributed by atoms with Crippen LogP contribution in [0.2, 0.25) is 0 Å². The zero-order chi connectivity index (χ0) is 16.5. The molecular weight excluding hydrogens is 304 g/mol. The van der Waals surface area contributed by atoms with Crippen molar-refractivity contribution in [1.82, 2.24) is 0 Å². The van der Waals surface area contributed by atoms with Gasteiger partial charge in [0.1, 0.15) is 24.2 Å². The Labute approximate surface area is 141 Å². The van der Waals surface area contributed by atoms with Gasteiger partial charge in [0.2, 0.25) is 0 Å². The fourth-order valence-electron chi connectivity index (χ4n) is 3.37. The van der Waals surface area contributed by atoms with Gasteiger partial charge in [-0.1, -0.05) is 30.8 Å². The first-order valence-electron chi connectivity index (χ1n) is 8.43. The minimum absolute atomic E-state index is 0.210. The Morgan fingerprint density at radius 1 is 1.17 bits per heavy atom. The average Bonchev–Trinajstić information content (AvgIpc) is 3.45. The van der Waals surface area contributed by atoms with Gasteiger partial charge >= 0.3 is 5.97 Å². The molecule has 124 valence electrons. The third-order valence-corrected chi connectivity index (χ3v) is 4.62. The third kappa shape index (κ3) is 2.78. The maximum atomic E-state index is 11.8.